The molecule has 0 atom stereocenters. The quantitative estimate of drug-likeness (QED) is 0.737. The molecule has 0 saturated carbocycles. The normalized spacial score (nSPS) is 10.5. The number of halogens is 1. The van der Waals surface area contributed by atoms with Gasteiger partial charge in [0, 0.05) is 11.6 Å². The van der Waals surface area contributed by atoms with Gasteiger partial charge in [-0.05, 0) is 30.0 Å². The molecule has 0 spiro atoms. The zero-order chi connectivity index (χ0) is 10.4. The third-order valence-electron chi connectivity index (χ3n) is 2.27. The smallest absolute Gasteiger partial charge is 0.0475 e. The van der Waals surface area contributed by atoms with E-state index in [-0.39, 0.29) is 0 Å². The van der Waals surface area contributed by atoms with Crippen LogP contribution in [0.5, 0.6) is 0 Å². The van der Waals surface area contributed by atoms with E-state index in [2.05, 4.69) is 18.5 Å². The second-order valence-electron chi connectivity index (χ2n) is 3.32. The summed E-state index contributed by atoms with van der Waals surface area (Å²) in [6, 6.07) is 5.87. The fourth-order valence-corrected chi connectivity index (χ4v) is 1.74. The topological polar surface area (TPSA) is 32.3 Å². The van der Waals surface area contributed by atoms with Crippen molar-refractivity contribution in [3.05, 3.63) is 34.3 Å². The molecule has 0 aliphatic heterocycles. The highest BCUT2D eigenvalue weighted by Crippen LogP contribution is 2.21. The van der Waals surface area contributed by atoms with Gasteiger partial charge in [-0.1, -0.05) is 37.1 Å². The summed E-state index contributed by atoms with van der Waals surface area (Å²) in [7, 11) is 0. The Morgan fingerprint density at radius 3 is 2.86 bits per heavy atom. The fraction of sp³-hybridized carbons (Fsp3) is 0.455. The van der Waals surface area contributed by atoms with Gasteiger partial charge in [0.25, 0.3) is 0 Å². The molecule has 0 amide bonds. The second-order valence-corrected chi connectivity index (χ2v) is 3.72. The van der Waals surface area contributed by atoms with Crippen LogP contribution >= 0.6 is 11.6 Å². The van der Waals surface area contributed by atoms with Crippen molar-refractivity contribution in [3.63, 3.8) is 0 Å². The van der Waals surface area contributed by atoms with Crippen molar-refractivity contribution in [3.8, 4) is 0 Å². The number of unbranched alkanes of at least 4 members (excludes halogenated alkanes) is 1. The molecule has 0 bridgehead atoms. The maximum atomic E-state index is 8.69. The Morgan fingerprint density at radius 1 is 1.43 bits per heavy atom. The van der Waals surface area contributed by atoms with Crippen LogP contribution in [0.3, 0.4) is 0 Å². The summed E-state index contributed by atoms with van der Waals surface area (Å²) in [5.74, 6) is 0. The van der Waals surface area contributed by atoms with E-state index in [1.807, 2.05) is 12.1 Å². The molecule has 0 aliphatic carbocycles. The SMILES string of the molecule is CCCCc1cccc(Cl)c1CNO. The summed E-state index contributed by atoms with van der Waals surface area (Å²) in [6.07, 6.45) is 3.34. The van der Waals surface area contributed by atoms with Crippen LogP contribution in [-0.2, 0) is 13.0 Å². The van der Waals surface area contributed by atoms with Gasteiger partial charge in [-0.2, -0.15) is 0 Å². The predicted molar refractivity (Wildman–Crippen MR) is 58.7 cm³/mol. The minimum atomic E-state index is 0.415. The maximum Gasteiger partial charge on any atom is 0.0475 e. The minimum Gasteiger partial charge on any atom is -0.316 e. The van der Waals surface area contributed by atoms with E-state index in [0.29, 0.717) is 6.54 Å². The van der Waals surface area contributed by atoms with Crippen molar-refractivity contribution in [1.29, 1.82) is 0 Å². The van der Waals surface area contributed by atoms with E-state index in [1.165, 1.54) is 12.0 Å². The third-order valence-corrected chi connectivity index (χ3v) is 2.63. The molecule has 0 fully saturated rings. The Bertz CT molecular complexity index is 289. The number of hydrogen-bond donors (Lipinski definition) is 2. The van der Waals surface area contributed by atoms with Gasteiger partial charge in [-0.15, -0.1) is 0 Å². The van der Waals surface area contributed by atoms with Crippen LogP contribution < -0.4 is 5.48 Å². The largest absolute Gasteiger partial charge is 0.316 e. The lowest BCUT2D eigenvalue weighted by atomic mass is 10.0. The Labute approximate surface area is 89.9 Å². The Hall–Kier alpha value is -0.570. The average molecular weight is 214 g/mol. The maximum absolute atomic E-state index is 8.69. The number of hydroxylamine groups is 1. The molecule has 0 unspecified atom stereocenters. The van der Waals surface area contributed by atoms with Gasteiger partial charge < -0.3 is 5.21 Å². The molecule has 0 aromatic heterocycles. The summed E-state index contributed by atoms with van der Waals surface area (Å²) in [5, 5.41) is 9.41. The van der Waals surface area contributed by atoms with E-state index < -0.39 is 0 Å². The molecular weight excluding hydrogens is 198 g/mol. The molecule has 78 valence electrons. The van der Waals surface area contributed by atoms with Crippen LogP contribution in [0.25, 0.3) is 0 Å². The van der Waals surface area contributed by atoms with Crippen molar-refractivity contribution in [2.75, 3.05) is 0 Å². The molecule has 1 rings (SSSR count). The number of nitrogens with one attached hydrogen (secondary N) is 1. The standard InChI is InChI=1S/C11H16ClNO/c1-2-3-5-9-6-4-7-11(12)10(9)8-13-14/h4,6-7,13-14H,2-3,5,8H2,1H3. The minimum absolute atomic E-state index is 0.415. The Balaban J connectivity index is 2.83. The molecule has 1 aromatic rings. The van der Waals surface area contributed by atoms with Crippen molar-refractivity contribution < 1.29 is 5.21 Å². The van der Waals surface area contributed by atoms with Gasteiger partial charge in [0.2, 0.25) is 0 Å². The van der Waals surface area contributed by atoms with Crippen LogP contribution in [-0.4, -0.2) is 5.21 Å². The van der Waals surface area contributed by atoms with Gasteiger partial charge in [-0.3, -0.25) is 0 Å². The monoisotopic (exact) mass is 213 g/mol. The van der Waals surface area contributed by atoms with Crippen LogP contribution in [0.1, 0.15) is 30.9 Å². The number of rotatable bonds is 5. The molecule has 0 saturated heterocycles. The van der Waals surface area contributed by atoms with Gasteiger partial charge in [0.1, 0.15) is 0 Å². The summed E-state index contributed by atoms with van der Waals surface area (Å²) in [5.41, 5.74) is 4.38. The molecular formula is C11H16ClNO. The highest BCUT2D eigenvalue weighted by Gasteiger charge is 2.05. The molecule has 0 heterocycles. The summed E-state index contributed by atoms with van der Waals surface area (Å²) >= 11 is 6.04. The van der Waals surface area contributed by atoms with Crippen LogP contribution in [0.2, 0.25) is 5.02 Å². The molecule has 0 radical (unpaired) electrons. The van der Waals surface area contributed by atoms with E-state index in [4.69, 9.17) is 16.8 Å². The van der Waals surface area contributed by atoms with Crippen molar-refractivity contribution in [2.24, 2.45) is 0 Å². The molecule has 2 nitrogen and oxygen atoms in total. The zero-order valence-corrected chi connectivity index (χ0v) is 9.14. The molecule has 1 aromatic carbocycles. The first-order valence-corrected chi connectivity index (χ1v) is 5.30. The van der Waals surface area contributed by atoms with Crippen LogP contribution in [0, 0.1) is 0 Å². The third kappa shape index (κ3) is 2.98. The number of benzene rings is 1. The Kier molecular flexibility index (Phi) is 4.94. The number of aryl methyl sites for hydroxylation is 1. The van der Waals surface area contributed by atoms with Gasteiger partial charge >= 0.3 is 0 Å². The second kappa shape index (κ2) is 6.02. The molecule has 2 N–H and O–H groups in total. The van der Waals surface area contributed by atoms with Gasteiger partial charge in [0.05, 0.1) is 0 Å². The van der Waals surface area contributed by atoms with E-state index in [9.17, 15) is 0 Å². The van der Waals surface area contributed by atoms with Gasteiger partial charge in [0.15, 0.2) is 0 Å². The first kappa shape index (κ1) is 11.5. The van der Waals surface area contributed by atoms with E-state index in [0.717, 1.165) is 23.4 Å². The lowest BCUT2D eigenvalue weighted by Crippen LogP contribution is -2.09. The number of hydrogen-bond acceptors (Lipinski definition) is 2. The summed E-state index contributed by atoms with van der Waals surface area (Å²) < 4.78 is 0. The van der Waals surface area contributed by atoms with Crippen LogP contribution in [0.15, 0.2) is 18.2 Å². The van der Waals surface area contributed by atoms with Crippen molar-refractivity contribution in [1.82, 2.24) is 5.48 Å². The average Bonchev–Trinajstić information content (AvgIpc) is 2.19. The first-order chi connectivity index (χ1) is 6.79. The summed E-state index contributed by atoms with van der Waals surface area (Å²) in [4.78, 5) is 0. The summed E-state index contributed by atoms with van der Waals surface area (Å²) in [6.45, 7) is 2.58. The van der Waals surface area contributed by atoms with Gasteiger partial charge in [-0.25, -0.2) is 5.48 Å². The highest BCUT2D eigenvalue weighted by molar-refractivity contribution is 6.31. The first-order valence-electron chi connectivity index (χ1n) is 4.92. The predicted octanol–water partition coefficient (Wildman–Crippen LogP) is 3.16. The van der Waals surface area contributed by atoms with E-state index >= 15 is 0 Å². The van der Waals surface area contributed by atoms with Crippen molar-refractivity contribution >= 4 is 11.6 Å². The lowest BCUT2D eigenvalue weighted by molar-refractivity contribution is 0.161. The highest BCUT2D eigenvalue weighted by atomic mass is 35.5. The fourth-order valence-electron chi connectivity index (χ4n) is 1.48. The lowest BCUT2D eigenvalue weighted by Gasteiger charge is -2.09. The molecule has 14 heavy (non-hydrogen) atoms. The molecule has 0 aliphatic rings. The Morgan fingerprint density at radius 2 is 2.21 bits per heavy atom. The van der Waals surface area contributed by atoms with E-state index in [1.54, 1.807) is 0 Å². The van der Waals surface area contributed by atoms with Crippen molar-refractivity contribution in [2.45, 2.75) is 32.7 Å². The molecule has 3 heteroatoms. The zero-order valence-electron chi connectivity index (χ0n) is 8.39. The van der Waals surface area contributed by atoms with Crippen LogP contribution in [0.4, 0.5) is 0 Å².